The highest BCUT2D eigenvalue weighted by molar-refractivity contribution is 5.91. The van der Waals surface area contributed by atoms with Crippen molar-refractivity contribution in [2.45, 2.75) is 33.1 Å². The molecule has 0 saturated heterocycles. The van der Waals surface area contributed by atoms with Gasteiger partial charge in [0.15, 0.2) is 0 Å². The van der Waals surface area contributed by atoms with E-state index >= 15 is 0 Å². The molecule has 0 atom stereocenters. The summed E-state index contributed by atoms with van der Waals surface area (Å²) in [6.45, 7) is 5.53. The number of ether oxygens (including phenoxy) is 3. The summed E-state index contributed by atoms with van der Waals surface area (Å²) < 4.78 is 16.4. The summed E-state index contributed by atoms with van der Waals surface area (Å²) in [6.07, 6.45) is 3.06. The van der Waals surface area contributed by atoms with Gasteiger partial charge < -0.3 is 14.2 Å². The predicted octanol–water partition coefficient (Wildman–Crippen LogP) is 4.87. The molecule has 128 valence electrons. The molecule has 2 rings (SSSR count). The highest BCUT2D eigenvalue weighted by atomic mass is 16.5. The maximum atomic E-state index is 12.1. The van der Waals surface area contributed by atoms with Crippen LogP contribution in [-0.2, 0) is 0 Å². The molecule has 0 aliphatic heterocycles. The van der Waals surface area contributed by atoms with Crippen molar-refractivity contribution in [2.24, 2.45) is 0 Å². The smallest absolute Gasteiger partial charge is 0.343 e. The van der Waals surface area contributed by atoms with Crippen molar-refractivity contribution < 1.29 is 19.0 Å². The fraction of sp³-hybridized carbons (Fsp3) is 0.350. The highest BCUT2D eigenvalue weighted by Gasteiger charge is 2.09. The van der Waals surface area contributed by atoms with Gasteiger partial charge in [-0.25, -0.2) is 4.79 Å². The Balaban J connectivity index is 1.89. The molecular formula is C20H24O4. The Morgan fingerprint density at radius 3 is 1.88 bits per heavy atom. The van der Waals surface area contributed by atoms with Crippen LogP contribution in [0.4, 0.5) is 0 Å². The number of rotatable bonds is 9. The van der Waals surface area contributed by atoms with Crippen molar-refractivity contribution in [2.75, 3.05) is 13.2 Å². The standard InChI is InChI=1S/C20H24O4/c1-3-5-15-23-18-10-12-19(13-11-18)24-20(21)16-6-8-17(9-7-16)22-14-4-2/h6-13H,3-5,14-15H2,1-2H3. The molecule has 0 unspecified atom stereocenters. The van der Waals surface area contributed by atoms with E-state index in [1.165, 1.54) is 0 Å². The Bertz CT molecular complexity index is 617. The first kappa shape index (κ1) is 17.9. The number of esters is 1. The second kappa shape index (κ2) is 9.60. The Kier molecular flexibility index (Phi) is 7.15. The summed E-state index contributed by atoms with van der Waals surface area (Å²) in [4.78, 5) is 12.1. The maximum absolute atomic E-state index is 12.1. The zero-order chi connectivity index (χ0) is 17.2. The summed E-state index contributed by atoms with van der Waals surface area (Å²) in [5.41, 5.74) is 0.488. The normalized spacial score (nSPS) is 10.2. The topological polar surface area (TPSA) is 44.8 Å². The molecule has 0 aromatic heterocycles. The first-order chi connectivity index (χ1) is 11.7. The first-order valence-corrected chi connectivity index (χ1v) is 8.40. The molecule has 4 nitrogen and oxygen atoms in total. The molecule has 0 fully saturated rings. The monoisotopic (exact) mass is 328 g/mol. The van der Waals surface area contributed by atoms with Crippen LogP contribution in [0.5, 0.6) is 17.2 Å². The van der Waals surface area contributed by atoms with Crippen LogP contribution in [-0.4, -0.2) is 19.2 Å². The number of hydrogen-bond acceptors (Lipinski definition) is 4. The Labute approximate surface area is 143 Å². The molecule has 24 heavy (non-hydrogen) atoms. The molecule has 2 aromatic rings. The van der Waals surface area contributed by atoms with Gasteiger partial charge in [0.05, 0.1) is 18.8 Å². The minimum atomic E-state index is -0.392. The van der Waals surface area contributed by atoms with Crippen molar-refractivity contribution in [3.8, 4) is 17.2 Å². The van der Waals surface area contributed by atoms with Crippen molar-refractivity contribution >= 4 is 5.97 Å². The Hall–Kier alpha value is -2.49. The van der Waals surface area contributed by atoms with Gasteiger partial charge in [0, 0.05) is 0 Å². The van der Waals surface area contributed by atoms with Crippen LogP contribution in [0.2, 0.25) is 0 Å². The van der Waals surface area contributed by atoms with Gasteiger partial charge in [-0.05, 0) is 61.4 Å². The molecule has 0 aliphatic rings. The van der Waals surface area contributed by atoms with E-state index < -0.39 is 5.97 Å². The molecule has 0 saturated carbocycles. The second-order valence-electron chi connectivity index (χ2n) is 5.44. The molecular weight excluding hydrogens is 304 g/mol. The predicted molar refractivity (Wildman–Crippen MR) is 94.0 cm³/mol. The zero-order valence-electron chi connectivity index (χ0n) is 14.3. The van der Waals surface area contributed by atoms with Gasteiger partial charge in [0.2, 0.25) is 0 Å². The van der Waals surface area contributed by atoms with Crippen LogP contribution in [0, 0.1) is 0 Å². The van der Waals surface area contributed by atoms with E-state index in [2.05, 4.69) is 6.92 Å². The lowest BCUT2D eigenvalue weighted by Gasteiger charge is -2.08. The number of carbonyl (C=O) groups excluding carboxylic acids is 1. The lowest BCUT2D eigenvalue weighted by Crippen LogP contribution is -2.08. The average Bonchev–Trinajstić information content (AvgIpc) is 2.62. The van der Waals surface area contributed by atoms with Gasteiger partial charge in [0.25, 0.3) is 0 Å². The molecule has 0 radical (unpaired) electrons. The van der Waals surface area contributed by atoms with Gasteiger partial charge >= 0.3 is 5.97 Å². The molecule has 0 spiro atoms. The molecule has 0 aliphatic carbocycles. The van der Waals surface area contributed by atoms with E-state index in [9.17, 15) is 4.79 Å². The zero-order valence-corrected chi connectivity index (χ0v) is 14.3. The summed E-state index contributed by atoms with van der Waals surface area (Å²) in [7, 11) is 0. The van der Waals surface area contributed by atoms with Crippen LogP contribution < -0.4 is 14.2 Å². The molecule has 2 aromatic carbocycles. The van der Waals surface area contributed by atoms with Gasteiger partial charge in [-0.3, -0.25) is 0 Å². The minimum absolute atomic E-state index is 0.392. The fourth-order valence-corrected chi connectivity index (χ4v) is 2.01. The summed E-state index contributed by atoms with van der Waals surface area (Å²) in [5, 5.41) is 0. The molecule has 0 amide bonds. The highest BCUT2D eigenvalue weighted by Crippen LogP contribution is 2.20. The Morgan fingerprint density at radius 2 is 1.29 bits per heavy atom. The van der Waals surface area contributed by atoms with E-state index in [0.29, 0.717) is 24.5 Å². The second-order valence-corrected chi connectivity index (χ2v) is 5.44. The summed E-state index contributed by atoms with van der Waals surface area (Å²) in [5.74, 6) is 1.63. The van der Waals surface area contributed by atoms with Crippen LogP contribution in [0.25, 0.3) is 0 Å². The van der Waals surface area contributed by atoms with Crippen molar-refractivity contribution in [3.05, 3.63) is 54.1 Å². The van der Waals surface area contributed by atoms with Gasteiger partial charge in [-0.1, -0.05) is 20.3 Å². The minimum Gasteiger partial charge on any atom is -0.494 e. The Morgan fingerprint density at radius 1 is 0.750 bits per heavy atom. The van der Waals surface area contributed by atoms with Crippen molar-refractivity contribution in [1.82, 2.24) is 0 Å². The molecule has 0 heterocycles. The lowest BCUT2D eigenvalue weighted by atomic mass is 10.2. The van der Waals surface area contributed by atoms with Crippen LogP contribution in [0.15, 0.2) is 48.5 Å². The summed E-state index contributed by atoms with van der Waals surface area (Å²) >= 11 is 0. The molecule has 0 N–H and O–H groups in total. The van der Waals surface area contributed by atoms with Gasteiger partial charge in [0.1, 0.15) is 17.2 Å². The third-order valence-corrected chi connectivity index (χ3v) is 3.36. The quantitative estimate of drug-likeness (QED) is 0.374. The van der Waals surface area contributed by atoms with E-state index in [0.717, 1.165) is 30.8 Å². The van der Waals surface area contributed by atoms with E-state index in [1.54, 1.807) is 48.5 Å². The van der Waals surface area contributed by atoms with E-state index in [1.807, 2.05) is 6.92 Å². The lowest BCUT2D eigenvalue weighted by molar-refractivity contribution is 0.0734. The number of hydrogen-bond donors (Lipinski definition) is 0. The van der Waals surface area contributed by atoms with Crippen LogP contribution in [0.3, 0.4) is 0 Å². The number of carbonyl (C=O) groups is 1. The molecule has 4 heteroatoms. The largest absolute Gasteiger partial charge is 0.494 e. The number of benzene rings is 2. The van der Waals surface area contributed by atoms with Crippen molar-refractivity contribution in [3.63, 3.8) is 0 Å². The maximum Gasteiger partial charge on any atom is 0.343 e. The fourth-order valence-electron chi connectivity index (χ4n) is 2.01. The van der Waals surface area contributed by atoms with Crippen molar-refractivity contribution in [1.29, 1.82) is 0 Å². The average molecular weight is 328 g/mol. The third-order valence-electron chi connectivity index (χ3n) is 3.36. The molecule has 0 bridgehead atoms. The van der Waals surface area contributed by atoms with Gasteiger partial charge in [-0.15, -0.1) is 0 Å². The SMILES string of the molecule is CCCCOc1ccc(OC(=O)c2ccc(OCCC)cc2)cc1. The van der Waals surface area contributed by atoms with Crippen LogP contribution >= 0.6 is 0 Å². The summed E-state index contributed by atoms with van der Waals surface area (Å²) in [6, 6.07) is 14.0. The first-order valence-electron chi connectivity index (χ1n) is 8.40. The van der Waals surface area contributed by atoms with Crippen LogP contribution in [0.1, 0.15) is 43.5 Å². The third kappa shape index (κ3) is 5.61. The van der Waals surface area contributed by atoms with E-state index in [-0.39, 0.29) is 0 Å². The van der Waals surface area contributed by atoms with E-state index in [4.69, 9.17) is 14.2 Å². The number of unbranched alkanes of at least 4 members (excludes halogenated alkanes) is 1. The van der Waals surface area contributed by atoms with Gasteiger partial charge in [-0.2, -0.15) is 0 Å².